The Morgan fingerprint density at radius 3 is 2.28 bits per heavy atom. The average molecular weight is 454 g/mol. The lowest BCUT2D eigenvalue weighted by molar-refractivity contribution is -0.274. The number of alkyl halides is 3. The quantitative estimate of drug-likeness (QED) is 0.561. The standard InChI is InChI=1S/C16H15F3N4O.C4H6O4/c1-11-6-14(22(2)21-11)10-23-9-13(8-20-23)12-4-3-5-15(7-12)24-16(17,18)19;5-3(6)1-2-4(7)8/h3-9H,10H2,1-2H3;1-2H2,(H,5,6)(H,7,8). The number of aromatic nitrogens is 4. The fourth-order valence-corrected chi connectivity index (χ4v) is 2.66. The van der Waals surface area contributed by atoms with Crippen LogP contribution in [0.15, 0.2) is 42.7 Å². The van der Waals surface area contributed by atoms with Gasteiger partial charge in [0.2, 0.25) is 0 Å². The van der Waals surface area contributed by atoms with Crippen LogP contribution in [0.4, 0.5) is 13.2 Å². The molecule has 0 atom stereocenters. The molecule has 0 saturated carbocycles. The third kappa shape index (κ3) is 8.13. The Morgan fingerprint density at radius 1 is 1.09 bits per heavy atom. The highest BCUT2D eigenvalue weighted by Gasteiger charge is 2.31. The van der Waals surface area contributed by atoms with Gasteiger partial charge in [0.1, 0.15) is 5.75 Å². The Hall–Kier alpha value is -3.83. The summed E-state index contributed by atoms with van der Waals surface area (Å²) in [5.74, 6) is -2.41. The van der Waals surface area contributed by atoms with E-state index in [1.807, 2.05) is 20.0 Å². The summed E-state index contributed by atoms with van der Waals surface area (Å²) in [6.45, 7) is 2.43. The molecule has 0 amide bonds. The molecule has 32 heavy (non-hydrogen) atoms. The van der Waals surface area contributed by atoms with Gasteiger partial charge in [-0.15, -0.1) is 13.2 Å². The molecule has 0 aliphatic rings. The maximum atomic E-state index is 12.3. The number of rotatable bonds is 7. The van der Waals surface area contributed by atoms with Crippen LogP contribution in [0.2, 0.25) is 0 Å². The van der Waals surface area contributed by atoms with Gasteiger partial charge in [-0.3, -0.25) is 19.0 Å². The van der Waals surface area contributed by atoms with E-state index < -0.39 is 18.3 Å². The van der Waals surface area contributed by atoms with E-state index in [4.69, 9.17) is 10.2 Å². The van der Waals surface area contributed by atoms with Crippen molar-refractivity contribution in [2.75, 3.05) is 0 Å². The maximum Gasteiger partial charge on any atom is 0.573 e. The number of aryl methyl sites for hydroxylation is 2. The van der Waals surface area contributed by atoms with Gasteiger partial charge >= 0.3 is 18.3 Å². The van der Waals surface area contributed by atoms with Crippen LogP contribution < -0.4 is 4.74 Å². The van der Waals surface area contributed by atoms with Crippen LogP contribution in [0.5, 0.6) is 5.75 Å². The van der Waals surface area contributed by atoms with Gasteiger partial charge in [-0.1, -0.05) is 12.1 Å². The molecular weight excluding hydrogens is 433 g/mol. The van der Waals surface area contributed by atoms with Crippen LogP contribution in [-0.4, -0.2) is 48.1 Å². The SMILES string of the molecule is Cc1cc(Cn2cc(-c3cccc(OC(F)(F)F)c3)cn2)n(C)n1.O=C(O)CCC(=O)O. The summed E-state index contributed by atoms with van der Waals surface area (Å²) < 4.78 is 44.4. The molecule has 0 spiro atoms. The molecule has 0 bridgehead atoms. The monoisotopic (exact) mass is 454 g/mol. The first-order chi connectivity index (χ1) is 14.9. The number of carboxylic acids is 2. The van der Waals surface area contributed by atoms with E-state index in [1.54, 1.807) is 27.8 Å². The first kappa shape index (κ1) is 24.4. The van der Waals surface area contributed by atoms with Crippen molar-refractivity contribution in [1.82, 2.24) is 19.6 Å². The van der Waals surface area contributed by atoms with Crippen molar-refractivity contribution >= 4 is 11.9 Å². The fourth-order valence-electron chi connectivity index (χ4n) is 2.66. The van der Waals surface area contributed by atoms with Crippen LogP contribution in [0, 0.1) is 6.92 Å². The second-order valence-corrected chi connectivity index (χ2v) is 6.69. The zero-order valence-electron chi connectivity index (χ0n) is 17.2. The smallest absolute Gasteiger partial charge is 0.481 e. The number of hydrogen-bond acceptors (Lipinski definition) is 5. The molecule has 0 aliphatic carbocycles. The summed E-state index contributed by atoms with van der Waals surface area (Å²) in [6, 6.07) is 7.78. The highest BCUT2D eigenvalue weighted by Crippen LogP contribution is 2.27. The molecule has 0 aliphatic heterocycles. The number of hydrogen-bond donors (Lipinski definition) is 2. The predicted molar refractivity (Wildman–Crippen MR) is 106 cm³/mol. The van der Waals surface area contributed by atoms with Crippen LogP contribution in [0.3, 0.4) is 0 Å². The minimum Gasteiger partial charge on any atom is -0.481 e. The number of ether oxygens (including phenoxy) is 1. The Balaban J connectivity index is 0.000000390. The van der Waals surface area contributed by atoms with E-state index in [-0.39, 0.29) is 18.6 Å². The average Bonchev–Trinajstić information content (AvgIpc) is 3.26. The summed E-state index contributed by atoms with van der Waals surface area (Å²) in [7, 11) is 1.85. The van der Waals surface area contributed by atoms with Gasteiger partial charge in [0.25, 0.3) is 0 Å². The molecular formula is C20H21F3N4O5. The van der Waals surface area contributed by atoms with Crippen molar-refractivity contribution in [2.24, 2.45) is 7.05 Å². The van der Waals surface area contributed by atoms with Gasteiger partial charge in [-0.25, -0.2) is 0 Å². The van der Waals surface area contributed by atoms with Gasteiger partial charge in [-0.2, -0.15) is 10.2 Å². The fraction of sp³-hybridized carbons (Fsp3) is 0.300. The number of aliphatic carboxylic acids is 2. The molecule has 2 heterocycles. The van der Waals surface area contributed by atoms with Crippen molar-refractivity contribution < 1.29 is 37.7 Å². The number of carbonyl (C=O) groups is 2. The second kappa shape index (κ2) is 10.5. The number of benzene rings is 1. The molecule has 0 fully saturated rings. The Bertz CT molecular complexity index is 1060. The van der Waals surface area contributed by atoms with Crippen molar-refractivity contribution in [3.05, 3.63) is 54.1 Å². The second-order valence-electron chi connectivity index (χ2n) is 6.69. The van der Waals surface area contributed by atoms with E-state index in [0.29, 0.717) is 17.7 Å². The first-order valence-corrected chi connectivity index (χ1v) is 9.24. The Morgan fingerprint density at radius 2 is 1.75 bits per heavy atom. The molecule has 0 saturated heterocycles. The summed E-state index contributed by atoms with van der Waals surface area (Å²) >= 11 is 0. The van der Waals surface area contributed by atoms with Gasteiger partial charge in [0, 0.05) is 18.8 Å². The number of carboxylic acid groups (broad SMARTS) is 2. The third-order valence-electron chi connectivity index (χ3n) is 4.01. The van der Waals surface area contributed by atoms with Crippen molar-refractivity contribution in [3.8, 4) is 16.9 Å². The van der Waals surface area contributed by atoms with Gasteiger partial charge in [-0.05, 0) is 30.7 Å². The number of nitrogens with zero attached hydrogens (tertiary/aromatic N) is 4. The molecule has 2 aromatic heterocycles. The van der Waals surface area contributed by atoms with E-state index in [0.717, 1.165) is 11.4 Å². The zero-order valence-corrected chi connectivity index (χ0v) is 17.2. The van der Waals surface area contributed by atoms with Crippen LogP contribution in [0.25, 0.3) is 11.1 Å². The highest BCUT2D eigenvalue weighted by atomic mass is 19.4. The Kier molecular flexibility index (Phi) is 7.99. The largest absolute Gasteiger partial charge is 0.573 e. The molecule has 12 heteroatoms. The molecule has 2 N–H and O–H groups in total. The van der Waals surface area contributed by atoms with Crippen LogP contribution >= 0.6 is 0 Å². The summed E-state index contributed by atoms with van der Waals surface area (Å²) in [5, 5.41) is 24.3. The van der Waals surface area contributed by atoms with E-state index in [2.05, 4.69) is 14.9 Å². The minimum atomic E-state index is -4.71. The van der Waals surface area contributed by atoms with E-state index in [1.165, 1.54) is 18.2 Å². The zero-order chi connectivity index (χ0) is 23.9. The summed E-state index contributed by atoms with van der Waals surface area (Å²) in [5.41, 5.74) is 3.21. The molecule has 0 radical (unpaired) electrons. The molecule has 3 rings (SSSR count). The number of halogens is 3. The van der Waals surface area contributed by atoms with Crippen molar-refractivity contribution in [3.63, 3.8) is 0 Å². The van der Waals surface area contributed by atoms with E-state index in [9.17, 15) is 22.8 Å². The van der Waals surface area contributed by atoms with Gasteiger partial charge in [0.05, 0.1) is 37.0 Å². The topological polar surface area (TPSA) is 119 Å². The molecule has 1 aromatic carbocycles. The summed E-state index contributed by atoms with van der Waals surface area (Å²) in [4.78, 5) is 19.3. The van der Waals surface area contributed by atoms with Crippen molar-refractivity contribution in [2.45, 2.75) is 32.7 Å². The van der Waals surface area contributed by atoms with Crippen LogP contribution in [0.1, 0.15) is 24.2 Å². The lowest BCUT2D eigenvalue weighted by Crippen LogP contribution is -2.17. The molecule has 3 aromatic rings. The molecule has 172 valence electrons. The maximum absolute atomic E-state index is 12.3. The minimum absolute atomic E-state index is 0.255. The molecule has 0 unspecified atom stereocenters. The lowest BCUT2D eigenvalue weighted by atomic mass is 10.1. The van der Waals surface area contributed by atoms with E-state index >= 15 is 0 Å². The van der Waals surface area contributed by atoms with Gasteiger partial charge < -0.3 is 14.9 Å². The predicted octanol–water partition coefficient (Wildman–Crippen LogP) is 3.47. The van der Waals surface area contributed by atoms with Gasteiger partial charge in [0.15, 0.2) is 0 Å². The Labute approximate surface area is 180 Å². The lowest BCUT2D eigenvalue weighted by Gasteiger charge is -2.09. The third-order valence-corrected chi connectivity index (χ3v) is 4.01. The molecule has 9 nitrogen and oxygen atoms in total. The summed E-state index contributed by atoms with van der Waals surface area (Å²) in [6.07, 6.45) is -1.92. The first-order valence-electron chi connectivity index (χ1n) is 9.24. The van der Waals surface area contributed by atoms with Crippen molar-refractivity contribution in [1.29, 1.82) is 0 Å². The normalized spacial score (nSPS) is 10.9. The van der Waals surface area contributed by atoms with Crippen LogP contribution in [-0.2, 0) is 23.2 Å². The highest BCUT2D eigenvalue weighted by molar-refractivity contribution is 5.75.